The second-order valence-corrected chi connectivity index (χ2v) is 9.60. The molecule has 3 aromatic rings. The predicted octanol–water partition coefficient (Wildman–Crippen LogP) is 5.45. The first-order chi connectivity index (χ1) is 9.63. The maximum Gasteiger partial charge on any atom is 0.307 e. The SMILES string of the molecule is CCOC(=O)CCn1c2c(=S)ssc2c2ssc(=S)c21. The van der Waals surface area contributed by atoms with E-state index in [1.807, 2.05) is 6.92 Å². The van der Waals surface area contributed by atoms with E-state index < -0.39 is 0 Å². The van der Waals surface area contributed by atoms with E-state index in [4.69, 9.17) is 29.2 Å². The lowest BCUT2D eigenvalue weighted by atomic mass is 10.4. The zero-order valence-corrected chi connectivity index (χ0v) is 15.2. The standard InChI is InChI=1S/C11H9NO2S6/c1-2-14-5(13)3-4-12-6-8(17-19-10(6)15)9-7(12)11(16)20-18-9/h2-4H2,1H3. The number of hydrogen-bond acceptors (Lipinski definition) is 8. The molecule has 0 spiro atoms. The Bertz CT molecular complexity index is 830. The molecule has 3 aromatic heterocycles. The minimum atomic E-state index is -0.183. The average Bonchev–Trinajstić information content (AvgIpc) is 3.04. The van der Waals surface area contributed by atoms with Crippen LogP contribution in [0.25, 0.3) is 20.4 Å². The maximum atomic E-state index is 11.6. The summed E-state index contributed by atoms with van der Waals surface area (Å²) >= 11 is 10.8. The van der Waals surface area contributed by atoms with Crippen molar-refractivity contribution in [3.8, 4) is 0 Å². The Hall–Kier alpha value is -0.190. The molecule has 0 atom stereocenters. The van der Waals surface area contributed by atoms with Crippen LogP contribution >= 0.6 is 65.8 Å². The van der Waals surface area contributed by atoms with Crippen LogP contribution in [-0.2, 0) is 16.1 Å². The number of fused-ring (bicyclic) bond motifs is 3. The van der Waals surface area contributed by atoms with Gasteiger partial charge < -0.3 is 9.30 Å². The topological polar surface area (TPSA) is 31.2 Å². The van der Waals surface area contributed by atoms with Crippen LogP contribution in [0.4, 0.5) is 0 Å². The highest BCUT2D eigenvalue weighted by molar-refractivity contribution is 7.83. The van der Waals surface area contributed by atoms with Gasteiger partial charge in [-0.25, -0.2) is 0 Å². The third-order valence-corrected chi connectivity index (χ3v) is 8.94. The van der Waals surface area contributed by atoms with E-state index >= 15 is 0 Å². The molecule has 106 valence electrons. The van der Waals surface area contributed by atoms with E-state index in [0.29, 0.717) is 19.6 Å². The summed E-state index contributed by atoms with van der Waals surface area (Å²) in [6, 6.07) is 0. The number of nitrogens with zero attached hydrogens (tertiary/aromatic N) is 1. The zero-order chi connectivity index (χ0) is 14.3. The molecular weight excluding hydrogens is 371 g/mol. The second kappa shape index (κ2) is 5.90. The molecule has 0 aliphatic rings. The summed E-state index contributed by atoms with van der Waals surface area (Å²) in [5.41, 5.74) is 2.11. The molecule has 0 aromatic carbocycles. The lowest BCUT2D eigenvalue weighted by Gasteiger charge is -2.05. The largest absolute Gasteiger partial charge is 0.466 e. The van der Waals surface area contributed by atoms with Gasteiger partial charge in [0, 0.05) is 6.54 Å². The van der Waals surface area contributed by atoms with Crippen LogP contribution in [0.2, 0.25) is 0 Å². The molecule has 0 aliphatic carbocycles. The molecule has 0 aliphatic heterocycles. The number of aryl methyl sites for hydroxylation is 1. The van der Waals surface area contributed by atoms with Crippen LogP contribution in [0.5, 0.6) is 0 Å². The molecule has 0 unspecified atom stereocenters. The Morgan fingerprint density at radius 2 is 1.65 bits per heavy atom. The van der Waals surface area contributed by atoms with Crippen LogP contribution in [0, 0.1) is 7.65 Å². The van der Waals surface area contributed by atoms with Crippen molar-refractivity contribution in [3.05, 3.63) is 7.65 Å². The van der Waals surface area contributed by atoms with Crippen LogP contribution in [0.1, 0.15) is 13.3 Å². The predicted molar refractivity (Wildman–Crippen MR) is 93.9 cm³/mol. The molecule has 3 heterocycles. The average molecular weight is 380 g/mol. The summed E-state index contributed by atoms with van der Waals surface area (Å²) in [6.07, 6.45) is 0.345. The number of carbonyl (C=O) groups excluding carboxylic acids is 1. The van der Waals surface area contributed by atoms with E-state index in [2.05, 4.69) is 4.57 Å². The van der Waals surface area contributed by atoms with E-state index in [1.165, 1.54) is 9.40 Å². The van der Waals surface area contributed by atoms with Gasteiger partial charge in [0.05, 0.1) is 33.5 Å². The van der Waals surface area contributed by atoms with Gasteiger partial charge in [-0.2, -0.15) is 0 Å². The number of carbonyl (C=O) groups is 1. The molecule has 0 amide bonds. The minimum absolute atomic E-state index is 0.183. The van der Waals surface area contributed by atoms with Gasteiger partial charge in [-0.05, 0) is 6.92 Å². The molecular formula is C11H9NO2S6. The van der Waals surface area contributed by atoms with E-state index in [-0.39, 0.29) is 5.97 Å². The van der Waals surface area contributed by atoms with Crippen LogP contribution in [-0.4, -0.2) is 17.1 Å². The molecule has 3 rings (SSSR count). The fourth-order valence-corrected chi connectivity index (χ4v) is 8.12. The summed E-state index contributed by atoms with van der Waals surface area (Å²) < 4.78 is 11.3. The number of hydrogen-bond donors (Lipinski definition) is 0. The van der Waals surface area contributed by atoms with Gasteiger partial charge in [0.1, 0.15) is 7.65 Å². The highest BCUT2D eigenvalue weighted by Gasteiger charge is 2.18. The summed E-state index contributed by atoms with van der Waals surface area (Å²) in [5, 5.41) is 0. The highest BCUT2D eigenvalue weighted by atomic mass is 32.9. The Morgan fingerprint density at radius 3 is 2.15 bits per heavy atom. The first-order valence-electron chi connectivity index (χ1n) is 5.83. The van der Waals surface area contributed by atoms with E-state index in [9.17, 15) is 4.79 Å². The molecule has 0 saturated carbocycles. The molecule has 0 N–H and O–H groups in total. The highest BCUT2D eigenvalue weighted by Crippen LogP contribution is 2.42. The molecule has 0 radical (unpaired) electrons. The summed E-state index contributed by atoms with van der Waals surface area (Å²) in [5.74, 6) is -0.183. The summed E-state index contributed by atoms with van der Waals surface area (Å²) in [6.45, 7) is 2.79. The van der Waals surface area contributed by atoms with Gasteiger partial charge in [-0.15, -0.1) is 0 Å². The molecule has 0 bridgehead atoms. The van der Waals surface area contributed by atoms with Crippen molar-refractivity contribution in [2.24, 2.45) is 0 Å². The van der Waals surface area contributed by atoms with E-state index in [0.717, 1.165) is 18.7 Å². The van der Waals surface area contributed by atoms with Crippen molar-refractivity contribution in [3.63, 3.8) is 0 Å². The van der Waals surface area contributed by atoms with Crippen LogP contribution in [0.3, 0.4) is 0 Å². The first-order valence-corrected chi connectivity index (χ1v) is 10.9. The maximum absolute atomic E-state index is 11.6. The molecule has 3 nitrogen and oxygen atoms in total. The van der Waals surface area contributed by atoms with Crippen molar-refractivity contribution in [1.82, 2.24) is 4.57 Å². The molecule has 0 saturated heterocycles. The van der Waals surface area contributed by atoms with Gasteiger partial charge in [0.15, 0.2) is 0 Å². The second-order valence-electron chi connectivity index (χ2n) is 3.97. The first kappa shape index (κ1) is 14.7. The summed E-state index contributed by atoms with van der Waals surface area (Å²) in [4.78, 5) is 11.6. The number of aromatic nitrogens is 1. The Morgan fingerprint density at radius 1 is 1.10 bits per heavy atom. The van der Waals surface area contributed by atoms with Crippen molar-refractivity contribution >= 4 is 92.2 Å². The Balaban J connectivity index is 2.12. The molecule has 9 heteroatoms. The monoisotopic (exact) mass is 379 g/mol. The van der Waals surface area contributed by atoms with Crippen molar-refractivity contribution in [2.75, 3.05) is 6.61 Å². The third kappa shape index (κ3) is 2.40. The normalized spacial score (nSPS) is 11.4. The van der Waals surface area contributed by atoms with Crippen molar-refractivity contribution in [2.45, 2.75) is 19.9 Å². The number of ether oxygens (including phenoxy) is 1. The van der Waals surface area contributed by atoms with Gasteiger partial charge in [0.25, 0.3) is 0 Å². The fourth-order valence-electron chi connectivity index (χ4n) is 2.03. The molecule has 20 heavy (non-hydrogen) atoms. The summed E-state index contributed by atoms with van der Waals surface area (Å²) in [7, 11) is 6.59. The lowest BCUT2D eigenvalue weighted by Crippen LogP contribution is -2.08. The lowest BCUT2D eigenvalue weighted by molar-refractivity contribution is -0.143. The Kier molecular flexibility index (Phi) is 4.34. The minimum Gasteiger partial charge on any atom is -0.466 e. The molecule has 0 fully saturated rings. The number of rotatable bonds is 4. The van der Waals surface area contributed by atoms with Crippen molar-refractivity contribution < 1.29 is 9.53 Å². The fraction of sp³-hybridized carbons (Fsp3) is 0.364. The van der Waals surface area contributed by atoms with Gasteiger partial charge in [-0.1, -0.05) is 65.8 Å². The van der Waals surface area contributed by atoms with Crippen LogP contribution in [0.15, 0.2) is 0 Å². The zero-order valence-electron chi connectivity index (χ0n) is 10.3. The van der Waals surface area contributed by atoms with Gasteiger partial charge in [-0.3, -0.25) is 4.79 Å². The third-order valence-electron chi connectivity index (χ3n) is 2.81. The quantitative estimate of drug-likeness (QED) is 0.342. The van der Waals surface area contributed by atoms with Crippen molar-refractivity contribution in [1.29, 1.82) is 0 Å². The van der Waals surface area contributed by atoms with Crippen LogP contribution < -0.4 is 0 Å². The van der Waals surface area contributed by atoms with Gasteiger partial charge in [0.2, 0.25) is 0 Å². The van der Waals surface area contributed by atoms with Gasteiger partial charge >= 0.3 is 5.97 Å². The van der Waals surface area contributed by atoms with E-state index in [1.54, 1.807) is 41.4 Å². The Labute approximate surface area is 139 Å². The smallest absolute Gasteiger partial charge is 0.307 e. The number of esters is 1.